The number of amides is 3. The summed E-state index contributed by atoms with van der Waals surface area (Å²) in [6, 6.07) is 12.9. The molecule has 50 heavy (non-hydrogen) atoms. The number of aliphatic hydroxyl groups is 1. The monoisotopic (exact) mass is 748 g/mol. The van der Waals surface area contributed by atoms with E-state index in [4.69, 9.17) is 9.47 Å². The Balaban J connectivity index is 1.41. The first-order valence-electron chi connectivity index (χ1n) is 17.2. The van der Waals surface area contributed by atoms with E-state index >= 15 is 4.79 Å². The van der Waals surface area contributed by atoms with E-state index < -0.39 is 35.6 Å². The molecule has 2 aromatic carbocycles. The van der Waals surface area contributed by atoms with Crippen LogP contribution in [0.25, 0.3) is 11.0 Å². The number of rotatable bonds is 15. The average molecular weight is 750 g/mol. The van der Waals surface area contributed by atoms with Crippen molar-refractivity contribution in [2.24, 2.45) is 17.8 Å². The maximum absolute atomic E-state index is 15.0. The lowest BCUT2D eigenvalue weighted by Crippen LogP contribution is -2.59. The van der Waals surface area contributed by atoms with Crippen LogP contribution >= 0.6 is 15.9 Å². The Labute approximate surface area is 300 Å². The van der Waals surface area contributed by atoms with Gasteiger partial charge in [0, 0.05) is 23.6 Å². The molecule has 1 spiro atoms. The van der Waals surface area contributed by atoms with Gasteiger partial charge in [0.05, 0.1) is 42.7 Å². The Morgan fingerprint density at radius 1 is 1.14 bits per heavy atom. The van der Waals surface area contributed by atoms with Crippen LogP contribution in [0.2, 0.25) is 0 Å². The minimum Gasteiger partial charge on any atom is -0.494 e. The van der Waals surface area contributed by atoms with Crippen molar-refractivity contribution in [3.63, 3.8) is 0 Å². The number of alkyl halides is 1. The highest BCUT2D eigenvalue weighted by atomic mass is 79.9. The van der Waals surface area contributed by atoms with Crippen molar-refractivity contribution in [3.8, 4) is 5.75 Å². The Morgan fingerprint density at radius 2 is 1.86 bits per heavy atom. The molecule has 266 valence electrons. The first kappa shape index (κ1) is 35.7. The van der Waals surface area contributed by atoms with Gasteiger partial charge in [-0.15, -0.1) is 18.3 Å². The SMILES string of the molecule is C=CCN(Cn1nnc2ccccc21)C(=O)C1N([C@@H](CO)CC(C)C)C(=O)[C@@H]2[C@H](C(=O)N(CC=C)c3ccc(OCC)cc3)[C@H]3OC12CC3Br. The van der Waals surface area contributed by atoms with Crippen molar-refractivity contribution in [1.29, 1.82) is 0 Å². The third kappa shape index (κ3) is 6.13. The second kappa shape index (κ2) is 14.7. The largest absolute Gasteiger partial charge is 0.494 e. The molecule has 1 N–H and O–H groups in total. The highest BCUT2D eigenvalue weighted by molar-refractivity contribution is 9.09. The van der Waals surface area contributed by atoms with Crippen LogP contribution in [-0.4, -0.2) is 103 Å². The predicted molar refractivity (Wildman–Crippen MR) is 192 cm³/mol. The number of para-hydroxylation sites is 1. The lowest BCUT2D eigenvalue weighted by molar-refractivity contribution is -0.152. The number of nitrogens with zero attached hydrogens (tertiary/aromatic N) is 6. The Hall–Kier alpha value is -4.07. The molecule has 3 aliphatic heterocycles. The number of benzene rings is 2. The third-order valence-electron chi connectivity index (χ3n) is 10.0. The van der Waals surface area contributed by atoms with Gasteiger partial charge in [-0.05, 0) is 62.1 Å². The van der Waals surface area contributed by atoms with Gasteiger partial charge in [0.1, 0.15) is 29.6 Å². The summed E-state index contributed by atoms with van der Waals surface area (Å²) < 4.78 is 14.1. The molecule has 6 rings (SSSR count). The van der Waals surface area contributed by atoms with Crippen molar-refractivity contribution in [2.45, 2.75) is 68.9 Å². The van der Waals surface area contributed by atoms with Gasteiger partial charge < -0.3 is 29.3 Å². The molecule has 3 unspecified atom stereocenters. The van der Waals surface area contributed by atoms with Gasteiger partial charge in [0.25, 0.3) is 0 Å². The van der Waals surface area contributed by atoms with Crippen LogP contribution < -0.4 is 9.64 Å². The first-order chi connectivity index (χ1) is 24.1. The van der Waals surface area contributed by atoms with Crippen LogP contribution in [0.3, 0.4) is 0 Å². The summed E-state index contributed by atoms with van der Waals surface area (Å²) in [5, 5.41) is 19.3. The van der Waals surface area contributed by atoms with Crippen molar-refractivity contribution < 1.29 is 29.0 Å². The number of aliphatic hydroxyl groups excluding tert-OH is 1. The number of fused-ring (bicyclic) bond motifs is 2. The molecule has 7 atom stereocenters. The highest BCUT2D eigenvalue weighted by Crippen LogP contribution is 2.61. The number of hydrogen-bond acceptors (Lipinski definition) is 8. The van der Waals surface area contributed by atoms with Gasteiger partial charge in [0.15, 0.2) is 0 Å². The summed E-state index contributed by atoms with van der Waals surface area (Å²) in [5.74, 6) is -2.08. The normalized spacial score (nSPS) is 25.9. The van der Waals surface area contributed by atoms with Gasteiger partial charge >= 0.3 is 0 Å². The van der Waals surface area contributed by atoms with Crippen molar-refractivity contribution in [3.05, 3.63) is 73.8 Å². The first-order valence-corrected chi connectivity index (χ1v) is 18.1. The molecule has 4 heterocycles. The van der Waals surface area contributed by atoms with Crippen LogP contribution in [0, 0.1) is 17.8 Å². The molecule has 3 amide bonds. The van der Waals surface area contributed by atoms with E-state index in [9.17, 15) is 14.7 Å². The van der Waals surface area contributed by atoms with Crippen LogP contribution in [0.4, 0.5) is 5.69 Å². The van der Waals surface area contributed by atoms with E-state index in [1.165, 1.54) is 4.90 Å². The van der Waals surface area contributed by atoms with E-state index in [0.717, 1.165) is 5.52 Å². The van der Waals surface area contributed by atoms with E-state index in [1.807, 2.05) is 57.2 Å². The fourth-order valence-corrected chi connectivity index (χ4v) is 9.04. The van der Waals surface area contributed by atoms with Gasteiger partial charge in [0.2, 0.25) is 17.7 Å². The van der Waals surface area contributed by atoms with Crippen molar-refractivity contribution in [2.75, 3.05) is 31.2 Å². The average Bonchev–Trinajstić information content (AvgIpc) is 3.83. The fourth-order valence-electron chi connectivity index (χ4n) is 8.09. The number of halogens is 1. The minimum atomic E-state index is -1.32. The number of ether oxygens (including phenoxy) is 2. The number of likely N-dealkylation sites (tertiary alicyclic amines) is 1. The van der Waals surface area contributed by atoms with Gasteiger partial charge in [-0.1, -0.05) is 59.3 Å². The van der Waals surface area contributed by atoms with Gasteiger partial charge in [-0.3, -0.25) is 14.4 Å². The molecule has 2 bridgehead atoms. The van der Waals surface area contributed by atoms with Crippen LogP contribution in [-0.2, 0) is 25.8 Å². The number of carbonyl (C=O) groups is 3. The molecule has 12 nitrogen and oxygen atoms in total. The maximum Gasteiger partial charge on any atom is 0.250 e. The van der Waals surface area contributed by atoms with E-state index in [0.29, 0.717) is 36.4 Å². The number of hydrogen-bond donors (Lipinski definition) is 1. The minimum absolute atomic E-state index is 0.0486. The number of aromatic nitrogens is 3. The van der Waals surface area contributed by atoms with E-state index in [2.05, 4.69) is 39.4 Å². The molecule has 3 aromatic rings. The highest BCUT2D eigenvalue weighted by Gasteiger charge is 2.77. The molecule has 0 radical (unpaired) electrons. The van der Waals surface area contributed by atoms with Crippen LogP contribution in [0.5, 0.6) is 5.75 Å². The molecule has 1 aromatic heterocycles. The van der Waals surface area contributed by atoms with Gasteiger partial charge in [-0.2, -0.15) is 0 Å². The topological polar surface area (TPSA) is 130 Å². The smallest absolute Gasteiger partial charge is 0.250 e. The lowest BCUT2D eigenvalue weighted by Gasteiger charge is -2.39. The zero-order valence-corrected chi connectivity index (χ0v) is 30.3. The second-order valence-electron chi connectivity index (χ2n) is 13.6. The Kier molecular flexibility index (Phi) is 10.5. The molecule has 3 fully saturated rings. The quantitative estimate of drug-likeness (QED) is 0.181. The van der Waals surface area contributed by atoms with Crippen molar-refractivity contribution >= 4 is 50.4 Å². The Bertz CT molecular complexity index is 1750. The van der Waals surface area contributed by atoms with Crippen LogP contribution in [0.1, 0.15) is 33.6 Å². The summed E-state index contributed by atoms with van der Waals surface area (Å²) >= 11 is 3.79. The summed E-state index contributed by atoms with van der Waals surface area (Å²) in [5.41, 5.74) is 0.741. The molecule has 0 aliphatic carbocycles. The van der Waals surface area contributed by atoms with Gasteiger partial charge in [-0.25, -0.2) is 4.68 Å². The maximum atomic E-state index is 15.0. The number of carbonyl (C=O) groups excluding carboxylic acids is 3. The number of anilines is 1. The molecular formula is C37H45BrN6O6. The molecule has 3 aliphatic rings. The van der Waals surface area contributed by atoms with Crippen LogP contribution in [0.15, 0.2) is 73.8 Å². The lowest BCUT2D eigenvalue weighted by atomic mass is 9.70. The zero-order chi connectivity index (χ0) is 35.7. The summed E-state index contributed by atoms with van der Waals surface area (Å²) in [6.45, 7) is 14.3. The second-order valence-corrected chi connectivity index (χ2v) is 14.8. The molecule has 13 heteroatoms. The summed E-state index contributed by atoms with van der Waals surface area (Å²) in [4.78, 5) is 49.1. The predicted octanol–water partition coefficient (Wildman–Crippen LogP) is 4.18. The van der Waals surface area contributed by atoms with Crippen molar-refractivity contribution in [1.82, 2.24) is 24.8 Å². The summed E-state index contributed by atoms with van der Waals surface area (Å²) in [6.07, 6.45) is 3.40. The third-order valence-corrected chi connectivity index (χ3v) is 10.9. The Morgan fingerprint density at radius 3 is 2.52 bits per heavy atom. The molecular weight excluding hydrogens is 704 g/mol. The fraction of sp³-hybridized carbons (Fsp3) is 0.486. The molecule has 3 saturated heterocycles. The zero-order valence-electron chi connectivity index (χ0n) is 28.7. The molecule has 0 saturated carbocycles. The van der Waals surface area contributed by atoms with E-state index in [-0.39, 0.29) is 54.8 Å². The standard InChI is InChI=1S/C37H45BrN6O6/c1-6-17-41(22-43-29-12-10-9-11-28(29)39-40-43)36(48)33-37-20-27(38)32(50-37)30(31(37)35(47)44(33)25(21-45)19-23(4)5)34(46)42(18-7-2)24-13-15-26(16-14-24)49-8-3/h6-7,9-16,23,25,27,30-33,45H,1-2,8,17-22H2,3-5H3/t25-,27?,30+,31+,32+,33?,37?/m1/s1. The van der Waals surface area contributed by atoms with E-state index in [1.54, 1.807) is 38.8 Å². The summed E-state index contributed by atoms with van der Waals surface area (Å²) in [7, 11) is 0.